The van der Waals surface area contributed by atoms with Crippen molar-refractivity contribution in [2.75, 3.05) is 13.7 Å². The summed E-state index contributed by atoms with van der Waals surface area (Å²) in [6, 6.07) is 2.26. The van der Waals surface area contributed by atoms with Gasteiger partial charge in [0.1, 0.15) is 0 Å². The van der Waals surface area contributed by atoms with Crippen molar-refractivity contribution in [3.8, 4) is 5.75 Å². The van der Waals surface area contributed by atoms with E-state index in [4.69, 9.17) is 4.74 Å². The molecule has 1 fully saturated rings. The van der Waals surface area contributed by atoms with Crippen molar-refractivity contribution in [2.45, 2.75) is 19.8 Å². The first-order valence-electron chi connectivity index (χ1n) is 7.96. The molecule has 0 saturated carbocycles. The number of esters is 1. The molecule has 1 heterocycles. The molecule has 1 aromatic carbocycles. The Bertz CT molecular complexity index is 825. The molecule has 27 heavy (non-hydrogen) atoms. The lowest BCUT2D eigenvalue weighted by atomic mass is 10.2. The monoisotopic (exact) mass is 397 g/mol. The second kappa shape index (κ2) is 9.81. The lowest BCUT2D eigenvalue weighted by molar-refractivity contribution is -0.135. The summed E-state index contributed by atoms with van der Waals surface area (Å²) >= 11 is 0.897. The lowest BCUT2D eigenvalue weighted by Crippen LogP contribution is -2.19. The van der Waals surface area contributed by atoms with E-state index in [0.717, 1.165) is 30.3 Å². The van der Waals surface area contributed by atoms with Gasteiger partial charge in [-0.25, -0.2) is 9.18 Å². The molecule has 0 atom stereocenters. The van der Waals surface area contributed by atoms with Gasteiger partial charge in [0.15, 0.2) is 16.7 Å². The molecule has 0 aromatic heterocycles. The molecule has 1 N–H and O–H groups in total. The summed E-state index contributed by atoms with van der Waals surface area (Å²) in [7, 11) is 1.19. The van der Waals surface area contributed by atoms with Crippen LogP contribution in [0.15, 0.2) is 33.3 Å². The Morgan fingerprint density at radius 2 is 2.15 bits per heavy atom. The van der Waals surface area contributed by atoms with E-state index in [0.29, 0.717) is 6.42 Å². The van der Waals surface area contributed by atoms with E-state index >= 15 is 0 Å². The molecule has 7 nitrogen and oxygen atoms in total. The fourth-order valence-electron chi connectivity index (χ4n) is 1.88. The summed E-state index contributed by atoms with van der Waals surface area (Å²) in [5.41, 5.74) is 0.240. The fraction of sp³-hybridized carbons (Fsp3) is 0.294. The number of methoxy groups -OCH3 is 1. The molecule has 0 spiro atoms. The minimum atomic E-state index is -1.06. The normalized spacial score (nSPS) is 17.0. The van der Waals surface area contributed by atoms with Crippen LogP contribution in [0, 0.1) is 11.6 Å². The predicted molar refractivity (Wildman–Crippen MR) is 97.6 cm³/mol. The first-order chi connectivity index (χ1) is 12.9. The molecular formula is C17H17F2N3O4S. The van der Waals surface area contributed by atoms with E-state index in [1.807, 2.05) is 6.92 Å². The number of unbranched alkanes of at least 4 members (excludes halogenated alkanes) is 1. The van der Waals surface area contributed by atoms with Gasteiger partial charge in [-0.05, 0) is 30.3 Å². The van der Waals surface area contributed by atoms with Gasteiger partial charge in [0.2, 0.25) is 5.82 Å². The Labute approximate surface area is 158 Å². The van der Waals surface area contributed by atoms with Gasteiger partial charge in [0.05, 0.1) is 24.8 Å². The maximum absolute atomic E-state index is 13.7. The Balaban J connectivity index is 2.09. The SMILES string of the molecule is CCCCOc1cc(C=N/N=C2/NC(=O)/C(=C\C(=O)OC)S2)cc(F)c1F. The summed E-state index contributed by atoms with van der Waals surface area (Å²) in [5.74, 6) is -3.52. The maximum Gasteiger partial charge on any atom is 0.331 e. The minimum Gasteiger partial charge on any atom is -0.490 e. The van der Waals surface area contributed by atoms with Crippen molar-refractivity contribution in [1.82, 2.24) is 5.32 Å². The van der Waals surface area contributed by atoms with Crippen molar-refractivity contribution in [1.29, 1.82) is 0 Å². The molecule has 1 aliphatic heterocycles. The van der Waals surface area contributed by atoms with Crippen molar-refractivity contribution >= 4 is 35.0 Å². The number of amides is 1. The average Bonchev–Trinajstić information content (AvgIpc) is 2.98. The number of halogens is 2. The zero-order valence-electron chi connectivity index (χ0n) is 14.6. The van der Waals surface area contributed by atoms with Crippen LogP contribution in [0.3, 0.4) is 0 Å². The largest absolute Gasteiger partial charge is 0.490 e. The zero-order chi connectivity index (χ0) is 19.8. The standard InChI is InChI=1S/C17H17F2N3O4S/c1-3-4-5-26-12-7-10(6-11(18)15(12)19)9-20-22-17-21-16(24)13(27-17)8-14(23)25-2/h6-9H,3-5H2,1-2H3,(H,21,22,24)/b13-8+,20-9?. The van der Waals surface area contributed by atoms with Gasteiger partial charge in [0, 0.05) is 11.6 Å². The summed E-state index contributed by atoms with van der Waals surface area (Å²) in [6.45, 7) is 2.22. The molecule has 1 saturated heterocycles. The van der Waals surface area contributed by atoms with E-state index in [2.05, 4.69) is 20.3 Å². The number of carbonyl (C=O) groups is 2. The van der Waals surface area contributed by atoms with Gasteiger partial charge in [0.25, 0.3) is 5.91 Å². The number of nitrogens with zero attached hydrogens (tertiary/aromatic N) is 2. The number of carbonyl (C=O) groups excluding carboxylic acids is 2. The van der Waals surface area contributed by atoms with Crippen LogP contribution in [-0.2, 0) is 14.3 Å². The van der Waals surface area contributed by atoms with Crippen LogP contribution >= 0.6 is 11.8 Å². The Kier molecular flexibility index (Phi) is 7.47. The first-order valence-corrected chi connectivity index (χ1v) is 8.78. The molecule has 1 aromatic rings. The van der Waals surface area contributed by atoms with Crippen molar-refractivity contribution in [3.05, 3.63) is 40.3 Å². The third-order valence-electron chi connectivity index (χ3n) is 3.23. The second-order valence-corrected chi connectivity index (χ2v) is 6.29. The number of nitrogens with one attached hydrogen (secondary N) is 1. The van der Waals surface area contributed by atoms with E-state index in [1.54, 1.807) is 0 Å². The zero-order valence-corrected chi connectivity index (χ0v) is 15.4. The van der Waals surface area contributed by atoms with E-state index < -0.39 is 23.5 Å². The Morgan fingerprint density at radius 1 is 1.37 bits per heavy atom. The van der Waals surface area contributed by atoms with Crippen LogP contribution in [0.5, 0.6) is 5.75 Å². The van der Waals surface area contributed by atoms with Crippen LogP contribution < -0.4 is 10.1 Å². The number of ether oxygens (including phenoxy) is 2. The molecule has 144 valence electrons. The number of hydrogen-bond donors (Lipinski definition) is 1. The van der Waals surface area contributed by atoms with Crippen LogP contribution in [0.4, 0.5) is 8.78 Å². The highest BCUT2D eigenvalue weighted by Crippen LogP contribution is 2.24. The number of amidine groups is 1. The van der Waals surface area contributed by atoms with Gasteiger partial charge < -0.3 is 9.47 Å². The molecule has 2 rings (SSSR count). The first kappa shape index (κ1) is 20.6. The number of benzene rings is 1. The average molecular weight is 397 g/mol. The third kappa shape index (κ3) is 5.88. The minimum absolute atomic E-state index is 0.107. The molecule has 0 aliphatic carbocycles. The Hall–Kier alpha value is -2.75. The van der Waals surface area contributed by atoms with Gasteiger partial charge in [-0.1, -0.05) is 13.3 Å². The number of rotatable bonds is 7. The summed E-state index contributed by atoms with van der Waals surface area (Å²) in [4.78, 5) is 22.9. The summed E-state index contributed by atoms with van der Waals surface area (Å²) < 4.78 is 37.1. The predicted octanol–water partition coefficient (Wildman–Crippen LogP) is 2.75. The van der Waals surface area contributed by atoms with Crippen LogP contribution in [0.25, 0.3) is 0 Å². The molecule has 10 heteroatoms. The van der Waals surface area contributed by atoms with E-state index in [9.17, 15) is 18.4 Å². The van der Waals surface area contributed by atoms with Gasteiger partial charge in [-0.2, -0.15) is 9.49 Å². The van der Waals surface area contributed by atoms with Gasteiger partial charge in [-0.3, -0.25) is 10.1 Å². The van der Waals surface area contributed by atoms with Gasteiger partial charge in [-0.15, -0.1) is 5.10 Å². The van der Waals surface area contributed by atoms with Crippen LogP contribution in [0.1, 0.15) is 25.3 Å². The van der Waals surface area contributed by atoms with Crippen LogP contribution in [0.2, 0.25) is 0 Å². The Morgan fingerprint density at radius 3 is 2.85 bits per heavy atom. The topological polar surface area (TPSA) is 89.4 Å². The molecule has 1 aliphatic rings. The fourth-order valence-corrected chi connectivity index (χ4v) is 2.62. The smallest absolute Gasteiger partial charge is 0.331 e. The van der Waals surface area contributed by atoms with Crippen molar-refractivity contribution in [3.63, 3.8) is 0 Å². The highest BCUT2D eigenvalue weighted by molar-refractivity contribution is 8.18. The van der Waals surface area contributed by atoms with Crippen LogP contribution in [-0.4, -0.2) is 37.0 Å². The lowest BCUT2D eigenvalue weighted by Gasteiger charge is -2.07. The number of hydrogen-bond acceptors (Lipinski definition) is 7. The molecule has 0 radical (unpaired) electrons. The quantitative estimate of drug-likeness (QED) is 0.251. The van der Waals surface area contributed by atoms with Crippen molar-refractivity contribution in [2.24, 2.45) is 10.2 Å². The molecule has 1 amide bonds. The molecule has 0 unspecified atom stereocenters. The third-order valence-corrected chi connectivity index (χ3v) is 4.13. The van der Waals surface area contributed by atoms with E-state index in [-0.39, 0.29) is 28.0 Å². The second-order valence-electron chi connectivity index (χ2n) is 5.25. The highest BCUT2D eigenvalue weighted by Gasteiger charge is 2.25. The summed E-state index contributed by atoms with van der Waals surface area (Å²) in [5, 5.41) is 10.1. The van der Waals surface area contributed by atoms with E-state index in [1.165, 1.54) is 19.4 Å². The maximum atomic E-state index is 13.7. The summed E-state index contributed by atoms with van der Waals surface area (Å²) in [6.07, 6.45) is 3.79. The molecular weight excluding hydrogens is 380 g/mol. The van der Waals surface area contributed by atoms with Gasteiger partial charge >= 0.3 is 5.97 Å². The van der Waals surface area contributed by atoms with Crippen molar-refractivity contribution < 1.29 is 27.8 Å². The number of thioether (sulfide) groups is 1. The molecule has 0 bridgehead atoms. The highest BCUT2D eigenvalue weighted by atomic mass is 32.2.